The molecule has 1 aromatic rings. The second kappa shape index (κ2) is 5.65. The number of aldehydes is 1. The third-order valence-electron chi connectivity index (χ3n) is 2.84. The molecule has 1 fully saturated rings. The Morgan fingerprint density at radius 1 is 1.53 bits per heavy atom. The maximum atomic E-state index is 10.9. The lowest BCUT2D eigenvalue weighted by atomic mass is 10.2. The lowest BCUT2D eigenvalue weighted by molar-refractivity contribution is 0.0263. The summed E-state index contributed by atoms with van der Waals surface area (Å²) in [4.78, 5) is 10.9. The van der Waals surface area contributed by atoms with Crippen molar-refractivity contribution < 1.29 is 14.3 Å². The maximum absolute atomic E-state index is 10.9. The number of halogens is 1. The second-order valence-corrected chi connectivity index (χ2v) is 5.17. The smallest absolute Gasteiger partial charge is 0.153 e. The zero-order valence-corrected chi connectivity index (χ0v) is 11.3. The van der Waals surface area contributed by atoms with Gasteiger partial charge in [-0.15, -0.1) is 0 Å². The third-order valence-corrected chi connectivity index (χ3v) is 3.34. The summed E-state index contributed by atoms with van der Waals surface area (Å²) in [6.07, 6.45) is 3.37. The minimum atomic E-state index is 0.146. The molecule has 2 atom stereocenters. The molecule has 17 heavy (non-hydrogen) atoms. The van der Waals surface area contributed by atoms with Crippen LogP contribution in [0.1, 0.15) is 30.1 Å². The number of benzene rings is 1. The molecule has 0 amide bonds. The molecule has 92 valence electrons. The molecule has 0 saturated carbocycles. The minimum absolute atomic E-state index is 0.146. The van der Waals surface area contributed by atoms with Crippen molar-refractivity contribution in [3.63, 3.8) is 0 Å². The van der Waals surface area contributed by atoms with Crippen LogP contribution in [0.15, 0.2) is 22.7 Å². The van der Waals surface area contributed by atoms with E-state index in [-0.39, 0.29) is 6.10 Å². The van der Waals surface area contributed by atoms with Crippen LogP contribution < -0.4 is 4.74 Å². The van der Waals surface area contributed by atoms with Gasteiger partial charge in [0.1, 0.15) is 12.4 Å². The molecular weight excluding hydrogens is 284 g/mol. The number of rotatable bonds is 4. The van der Waals surface area contributed by atoms with Crippen LogP contribution in [0.3, 0.4) is 0 Å². The van der Waals surface area contributed by atoms with Gasteiger partial charge in [0.2, 0.25) is 0 Å². The fourth-order valence-corrected chi connectivity index (χ4v) is 2.31. The van der Waals surface area contributed by atoms with E-state index in [4.69, 9.17) is 9.47 Å². The summed E-state index contributed by atoms with van der Waals surface area (Å²) in [5.74, 6) is 0.617. The molecule has 3 nitrogen and oxygen atoms in total. The van der Waals surface area contributed by atoms with E-state index in [1.807, 2.05) is 6.07 Å². The summed E-state index contributed by atoms with van der Waals surface area (Å²) >= 11 is 3.32. The highest BCUT2D eigenvalue weighted by Gasteiger charge is 2.22. The van der Waals surface area contributed by atoms with Crippen molar-refractivity contribution in [1.29, 1.82) is 0 Å². The van der Waals surface area contributed by atoms with Crippen LogP contribution in [0.2, 0.25) is 0 Å². The lowest BCUT2D eigenvalue weighted by Gasteiger charge is -2.13. The van der Waals surface area contributed by atoms with Gasteiger partial charge in [-0.05, 0) is 38.0 Å². The van der Waals surface area contributed by atoms with Crippen LogP contribution >= 0.6 is 15.9 Å². The Morgan fingerprint density at radius 2 is 2.35 bits per heavy atom. The molecule has 1 heterocycles. The summed E-state index contributed by atoms with van der Waals surface area (Å²) in [5.41, 5.74) is 0.561. The largest absolute Gasteiger partial charge is 0.490 e. The quantitative estimate of drug-likeness (QED) is 0.801. The van der Waals surface area contributed by atoms with E-state index in [2.05, 4.69) is 22.9 Å². The average Bonchev–Trinajstić information content (AvgIpc) is 2.73. The van der Waals surface area contributed by atoms with E-state index in [9.17, 15) is 4.79 Å². The Morgan fingerprint density at radius 3 is 3.00 bits per heavy atom. The first-order valence-electron chi connectivity index (χ1n) is 5.72. The van der Waals surface area contributed by atoms with E-state index in [0.29, 0.717) is 24.0 Å². The van der Waals surface area contributed by atoms with Gasteiger partial charge in [0.25, 0.3) is 0 Å². The summed E-state index contributed by atoms with van der Waals surface area (Å²) < 4.78 is 12.2. The van der Waals surface area contributed by atoms with Gasteiger partial charge in [0, 0.05) is 4.47 Å². The Labute approximate surface area is 109 Å². The van der Waals surface area contributed by atoms with Crippen molar-refractivity contribution >= 4 is 22.2 Å². The van der Waals surface area contributed by atoms with Gasteiger partial charge < -0.3 is 9.47 Å². The first-order chi connectivity index (χ1) is 8.19. The predicted octanol–water partition coefficient (Wildman–Crippen LogP) is 3.21. The van der Waals surface area contributed by atoms with Crippen LogP contribution in [0, 0.1) is 0 Å². The molecule has 0 radical (unpaired) electrons. The van der Waals surface area contributed by atoms with Gasteiger partial charge in [0.15, 0.2) is 6.29 Å². The SMILES string of the molecule is CC1CCC(COc2ccc(Br)cc2C=O)O1. The monoisotopic (exact) mass is 298 g/mol. The summed E-state index contributed by atoms with van der Waals surface area (Å²) in [6.45, 7) is 2.57. The maximum Gasteiger partial charge on any atom is 0.153 e. The molecule has 0 spiro atoms. The zero-order valence-electron chi connectivity index (χ0n) is 9.69. The van der Waals surface area contributed by atoms with Crippen molar-refractivity contribution in [2.75, 3.05) is 6.61 Å². The number of hydrogen-bond donors (Lipinski definition) is 0. The topological polar surface area (TPSA) is 35.5 Å². The number of hydrogen-bond acceptors (Lipinski definition) is 3. The second-order valence-electron chi connectivity index (χ2n) is 4.26. The van der Waals surface area contributed by atoms with Gasteiger partial charge in [-0.25, -0.2) is 0 Å². The first kappa shape index (κ1) is 12.6. The van der Waals surface area contributed by atoms with Gasteiger partial charge in [-0.3, -0.25) is 4.79 Å². The third kappa shape index (κ3) is 3.30. The van der Waals surface area contributed by atoms with Crippen molar-refractivity contribution in [2.24, 2.45) is 0 Å². The molecule has 0 aliphatic carbocycles. The highest BCUT2D eigenvalue weighted by molar-refractivity contribution is 9.10. The predicted molar refractivity (Wildman–Crippen MR) is 68.6 cm³/mol. The van der Waals surface area contributed by atoms with Crippen LogP contribution in [0.4, 0.5) is 0 Å². The van der Waals surface area contributed by atoms with E-state index < -0.39 is 0 Å². The van der Waals surface area contributed by atoms with Gasteiger partial charge in [-0.1, -0.05) is 15.9 Å². The van der Waals surface area contributed by atoms with Crippen LogP contribution in [-0.2, 0) is 4.74 Å². The molecule has 1 aliphatic heterocycles. The molecule has 0 aromatic heterocycles. The molecule has 2 unspecified atom stereocenters. The molecule has 1 aromatic carbocycles. The number of ether oxygens (including phenoxy) is 2. The van der Waals surface area contributed by atoms with Crippen LogP contribution in [-0.4, -0.2) is 25.1 Å². The van der Waals surface area contributed by atoms with Crippen molar-refractivity contribution in [3.05, 3.63) is 28.2 Å². The Balaban J connectivity index is 1.96. The van der Waals surface area contributed by atoms with Crippen LogP contribution in [0.25, 0.3) is 0 Å². The molecular formula is C13H15BrO3. The normalized spacial score (nSPS) is 23.6. The van der Waals surface area contributed by atoms with Crippen molar-refractivity contribution in [2.45, 2.75) is 32.0 Å². The number of carbonyl (C=O) groups excluding carboxylic acids is 1. The highest BCUT2D eigenvalue weighted by atomic mass is 79.9. The van der Waals surface area contributed by atoms with E-state index >= 15 is 0 Å². The van der Waals surface area contributed by atoms with Gasteiger partial charge >= 0.3 is 0 Å². The van der Waals surface area contributed by atoms with E-state index in [1.165, 1.54) is 0 Å². The molecule has 0 bridgehead atoms. The lowest BCUT2D eigenvalue weighted by Crippen LogP contribution is -2.18. The van der Waals surface area contributed by atoms with E-state index in [1.54, 1.807) is 12.1 Å². The molecule has 2 rings (SSSR count). The molecule has 1 saturated heterocycles. The Hall–Kier alpha value is -0.870. The highest BCUT2D eigenvalue weighted by Crippen LogP contribution is 2.24. The molecule has 1 aliphatic rings. The molecule has 4 heteroatoms. The summed E-state index contributed by atoms with van der Waals surface area (Å²) in [5, 5.41) is 0. The average molecular weight is 299 g/mol. The summed E-state index contributed by atoms with van der Waals surface area (Å²) in [7, 11) is 0. The van der Waals surface area contributed by atoms with Crippen LogP contribution in [0.5, 0.6) is 5.75 Å². The summed E-state index contributed by atoms with van der Waals surface area (Å²) in [6, 6.07) is 5.41. The number of carbonyl (C=O) groups is 1. The Kier molecular flexibility index (Phi) is 4.18. The standard InChI is InChI=1S/C13H15BrO3/c1-9-2-4-12(17-9)8-16-13-5-3-11(14)6-10(13)7-15/h3,5-7,9,12H,2,4,8H2,1H3. The van der Waals surface area contributed by atoms with Gasteiger partial charge in [0.05, 0.1) is 17.8 Å². The molecule has 0 N–H and O–H groups in total. The fourth-order valence-electron chi connectivity index (χ4n) is 1.93. The van der Waals surface area contributed by atoms with Crippen molar-refractivity contribution in [3.8, 4) is 5.75 Å². The van der Waals surface area contributed by atoms with Gasteiger partial charge in [-0.2, -0.15) is 0 Å². The van der Waals surface area contributed by atoms with E-state index in [0.717, 1.165) is 23.6 Å². The Bertz CT molecular complexity index is 406. The zero-order chi connectivity index (χ0) is 12.3. The first-order valence-corrected chi connectivity index (χ1v) is 6.51. The fraction of sp³-hybridized carbons (Fsp3) is 0.462. The minimum Gasteiger partial charge on any atom is -0.490 e. The van der Waals surface area contributed by atoms with Crippen molar-refractivity contribution in [1.82, 2.24) is 0 Å².